The molecule has 0 saturated heterocycles. The van der Waals surface area contributed by atoms with Crippen LogP contribution in [0.5, 0.6) is 11.5 Å². The van der Waals surface area contributed by atoms with Gasteiger partial charge >= 0.3 is 5.97 Å². The van der Waals surface area contributed by atoms with Gasteiger partial charge in [-0.1, -0.05) is 12.1 Å². The van der Waals surface area contributed by atoms with Crippen molar-refractivity contribution in [2.75, 3.05) is 20.7 Å². The molecule has 0 radical (unpaired) electrons. The van der Waals surface area contributed by atoms with Gasteiger partial charge in [-0.3, -0.25) is 4.79 Å². The van der Waals surface area contributed by atoms with Crippen molar-refractivity contribution < 1.29 is 19.0 Å². The fourth-order valence-corrected chi connectivity index (χ4v) is 4.37. The van der Waals surface area contributed by atoms with Crippen LogP contribution >= 0.6 is 0 Å². The summed E-state index contributed by atoms with van der Waals surface area (Å²) in [6, 6.07) is 4.14. The number of carbonyl (C=O) groups is 1. The molecule has 5 nitrogen and oxygen atoms in total. The number of benzene rings is 1. The van der Waals surface area contributed by atoms with Gasteiger partial charge in [-0.2, -0.15) is 0 Å². The van der Waals surface area contributed by atoms with Crippen molar-refractivity contribution in [2.45, 2.75) is 43.9 Å². The molecule has 24 heavy (non-hydrogen) atoms. The minimum Gasteiger partial charge on any atom is -0.493 e. The summed E-state index contributed by atoms with van der Waals surface area (Å²) in [5.74, 6) is 1.39. The Labute approximate surface area is 142 Å². The average Bonchev–Trinajstić information content (AvgIpc) is 2.80. The van der Waals surface area contributed by atoms with E-state index in [9.17, 15) is 4.79 Å². The van der Waals surface area contributed by atoms with Gasteiger partial charge < -0.3 is 19.1 Å². The molecule has 0 amide bonds. The van der Waals surface area contributed by atoms with Gasteiger partial charge in [0.05, 0.1) is 12.5 Å². The third kappa shape index (κ3) is 2.22. The zero-order valence-electron chi connectivity index (χ0n) is 14.4. The van der Waals surface area contributed by atoms with Crippen molar-refractivity contribution >= 4 is 5.97 Å². The summed E-state index contributed by atoms with van der Waals surface area (Å²) in [7, 11) is 3.83. The number of methoxy groups -OCH3 is 1. The van der Waals surface area contributed by atoms with E-state index in [4.69, 9.17) is 14.2 Å². The molecule has 1 aromatic carbocycles. The third-order valence-electron chi connectivity index (χ3n) is 5.45. The van der Waals surface area contributed by atoms with Crippen LogP contribution in [-0.4, -0.2) is 43.8 Å². The lowest BCUT2D eigenvalue weighted by Gasteiger charge is -2.36. The molecule has 3 aliphatic rings. The summed E-state index contributed by atoms with van der Waals surface area (Å²) >= 11 is 0. The Hall–Kier alpha value is -2.01. The summed E-state index contributed by atoms with van der Waals surface area (Å²) < 4.78 is 17.3. The molecule has 0 N–H and O–H groups in total. The van der Waals surface area contributed by atoms with Gasteiger partial charge in [0.1, 0.15) is 12.2 Å². The Balaban J connectivity index is 1.82. The summed E-state index contributed by atoms with van der Waals surface area (Å²) in [6.45, 7) is 3.36. The number of nitrogens with zero attached hydrogens (tertiary/aromatic N) is 1. The molecule has 1 aliphatic carbocycles. The lowest BCUT2D eigenvalue weighted by atomic mass is 9.69. The molecule has 4 rings (SSSR count). The van der Waals surface area contributed by atoms with Crippen LogP contribution in [0.3, 0.4) is 0 Å². The van der Waals surface area contributed by atoms with E-state index in [1.54, 1.807) is 7.11 Å². The second-order valence-corrected chi connectivity index (χ2v) is 7.01. The highest BCUT2D eigenvalue weighted by Gasteiger charge is 2.53. The molecule has 3 unspecified atom stereocenters. The molecule has 2 heterocycles. The number of hydrogen-bond acceptors (Lipinski definition) is 5. The van der Waals surface area contributed by atoms with E-state index in [-0.39, 0.29) is 23.6 Å². The quantitative estimate of drug-likeness (QED) is 0.616. The predicted octanol–water partition coefficient (Wildman–Crippen LogP) is 2.42. The molecule has 5 heteroatoms. The minimum atomic E-state index is -0.255. The van der Waals surface area contributed by atoms with E-state index in [0.29, 0.717) is 6.42 Å². The van der Waals surface area contributed by atoms with Gasteiger partial charge in [0.25, 0.3) is 0 Å². The van der Waals surface area contributed by atoms with Crippen LogP contribution in [0, 0.1) is 0 Å². The fraction of sp³-hybridized carbons (Fsp3) is 0.526. The first-order valence-electron chi connectivity index (χ1n) is 8.45. The Bertz CT molecular complexity index is 714. The summed E-state index contributed by atoms with van der Waals surface area (Å²) in [5.41, 5.74) is 2.40. The number of ether oxygens (including phenoxy) is 3. The van der Waals surface area contributed by atoms with E-state index < -0.39 is 0 Å². The van der Waals surface area contributed by atoms with Crippen LogP contribution < -0.4 is 9.47 Å². The van der Waals surface area contributed by atoms with Gasteiger partial charge in [0.2, 0.25) is 0 Å². The molecule has 1 aromatic rings. The maximum atomic E-state index is 11.3. The number of esters is 1. The molecule has 0 aromatic heterocycles. The molecular weight excluding hydrogens is 306 g/mol. The maximum Gasteiger partial charge on any atom is 0.303 e. The average molecular weight is 329 g/mol. The SMILES string of the molecule is COc1ccc2c3c1OC1CC(OC(C)=O)C=CC31CCN(C)C2. The molecule has 0 saturated carbocycles. The largest absolute Gasteiger partial charge is 0.493 e. The minimum absolute atomic E-state index is 0.0246. The van der Waals surface area contributed by atoms with Crippen molar-refractivity contribution in [1.29, 1.82) is 0 Å². The van der Waals surface area contributed by atoms with Gasteiger partial charge in [0, 0.05) is 25.5 Å². The van der Waals surface area contributed by atoms with Crippen LogP contribution in [0.4, 0.5) is 0 Å². The molecule has 3 atom stereocenters. The first-order valence-corrected chi connectivity index (χ1v) is 8.45. The second kappa shape index (κ2) is 5.52. The van der Waals surface area contributed by atoms with E-state index in [0.717, 1.165) is 31.0 Å². The normalized spacial score (nSPS) is 30.8. The summed E-state index contributed by atoms with van der Waals surface area (Å²) in [5, 5.41) is 0. The monoisotopic (exact) mass is 329 g/mol. The van der Waals surface area contributed by atoms with Gasteiger partial charge in [-0.15, -0.1) is 0 Å². The predicted molar refractivity (Wildman–Crippen MR) is 89.4 cm³/mol. The molecule has 128 valence electrons. The Morgan fingerprint density at radius 1 is 1.42 bits per heavy atom. The van der Waals surface area contributed by atoms with Gasteiger partial charge in [-0.25, -0.2) is 0 Å². The number of rotatable bonds is 2. The first kappa shape index (κ1) is 15.5. The molecule has 0 bridgehead atoms. The van der Waals surface area contributed by atoms with Crippen LogP contribution in [-0.2, 0) is 21.5 Å². The van der Waals surface area contributed by atoms with Crippen molar-refractivity contribution in [1.82, 2.24) is 4.90 Å². The van der Waals surface area contributed by atoms with E-state index >= 15 is 0 Å². The lowest BCUT2D eigenvalue weighted by Crippen LogP contribution is -2.43. The van der Waals surface area contributed by atoms with Crippen LogP contribution in [0.1, 0.15) is 30.9 Å². The topological polar surface area (TPSA) is 48.0 Å². The highest BCUT2D eigenvalue weighted by Crippen LogP contribution is 2.55. The van der Waals surface area contributed by atoms with Crippen LogP contribution in [0.25, 0.3) is 0 Å². The van der Waals surface area contributed by atoms with Gasteiger partial charge in [-0.05, 0) is 37.7 Å². The summed E-state index contributed by atoms with van der Waals surface area (Å²) in [6.07, 6.45) is 5.67. The van der Waals surface area contributed by atoms with E-state index in [1.165, 1.54) is 18.1 Å². The first-order chi connectivity index (χ1) is 11.5. The standard InChI is InChI=1S/C19H23NO4/c1-12(21)23-14-6-7-19-8-9-20(2)11-13-4-5-15(22-3)18(17(13)19)24-16(19)10-14/h4-7,14,16H,8-11H2,1-3H3. The van der Waals surface area contributed by atoms with Crippen molar-refractivity contribution in [3.05, 3.63) is 35.4 Å². The molecular formula is C19H23NO4. The molecule has 0 fully saturated rings. The van der Waals surface area contributed by atoms with Crippen LogP contribution in [0.2, 0.25) is 0 Å². The molecule has 1 spiro atoms. The molecule has 2 aliphatic heterocycles. The fourth-order valence-electron chi connectivity index (χ4n) is 4.37. The Kier molecular flexibility index (Phi) is 3.57. The number of hydrogen-bond donors (Lipinski definition) is 0. The van der Waals surface area contributed by atoms with Crippen molar-refractivity contribution in [3.63, 3.8) is 0 Å². The zero-order chi connectivity index (χ0) is 16.9. The van der Waals surface area contributed by atoms with Gasteiger partial charge in [0.15, 0.2) is 11.5 Å². The van der Waals surface area contributed by atoms with E-state index in [1.807, 2.05) is 12.1 Å². The smallest absolute Gasteiger partial charge is 0.303 e. The van der Waals surface area contributed by atoms with E-state index in [2.05, 4.69) is 24.1 Å². The highest BCUT2D eigenvalue weighted by atomic mass is 16.5. The zero-order valence-corrected chi connectivity index (χ0v) is 14.4. The summed E-state index contributed by atoms with van der Waals surface area (Å²) in [4.78, 5) is 13.7. The number of carbonyl (C=O) groups excluding carboxylic acids is 1. The Morgan fingerprint density at radius 2 is 2.25 bits per heavy atom. The Morgan fingerprint density at radius 3 is 3.00 bits per heavy atom. The van der Waals surface area contributed by atoms with Crippen molar-refractivity contribution in [2.24, 2.45) is 0 Å². The van der Waals surface area contributed by atoms with Crippen LogP contribution in [0.15, 0.2) is 24.3 Å². The maximum absolute atomic E-state index is 11.3. The lowest BCUT2D eigenvalue weighted by molar-refractivity contribution is -0.145. The third-order valence-corrected chi connectivity index (χ3v) is 5.45. The van der Waals surface area contributed by atoms with Crippen molar-refractivity contribution in [3.8, 4) is 11.5 Å². The highest BCUT2D eigenvalue weighted by molar-refractivity contribution is 5.66. The second-order valence-electron chi connectivity index (χ2n) is 7.01.